The first kappa shape index (κ1) is 15.8. The van der Waals surface area contributed by atoms with Gasteiger partial charge in [-0.05, 0) is 37.8 Å². The Hall–Kier alpha value is -0.290. The number of aliphatic hydroxyl groups is 1. The van der Waals surface area contributed by atoms with Crippen molar-refractivity contribution in [3.8, 4) is 0 Å². The number of hydrogen-bond acceptors (Lipinski definition) is 3. The van der Waals surface area contributed by atoms with Crippen molar-refractivity contribution < 1.29 is 9.50 Å². The molecule has 0 heterocycles. The van der Waals surface area contributed by atoms with Gasteiger partial charge < -0.3 is 10.4 Å². The van der Waals surface area contributed by atoms with Gasteiger partial charge in [0.2, 0.25) is 0 Å². The molecule has 5 heteroatoms. The number of hydrogen-bond donors (Lipinski definition) is 2. The highest BCUT2D eigenvalue weighted by atomic mass is 35.5. The van der Waals surface area contributed by atoms with Crippen LogP contribution in [0.5, 0.6) is 0 Å². The summed E-state index contributed by atoms with van der Waals surface area (Å²) < 4.78 is 13.3. The fourth-order valence-electron chi connectivity index (χ4n) is 1.63. The van der Waals surface area contributed by atoms with Crippen LogP contribution >= 0.6 is 23.4 Å². The summed E-state index contributed by atoms with van der Waals surface area (Å²) in [6.45, 7) is 4.17. The van der Waals surface area contributed by atoms with Gasteiger partial charge in [0.05, 0.1) is 10.6 Å². The SMILES string of the molecule is CSCC(C)(O)CNC(C)c1ccc(Cl)c(F)c1. The van der Waals surface area contributed by atoms with Gasteiger partial charge in [-0.25, -0.2) is 4.39 Å². The maximum atomic E-state index is 13.3. The lowest BCUT2D eigenvalue weighted by Gasteiger charge is -2.25. The summed E-state index contributed by atoms with van der Waals surface area (Å²) in [7, 11) is 0. The summed E-state index contributed by atoms with van der Waals surface area (Å²) in [5.74, 6) is 0.237. The molecule has 0 saturated heterocycles. The second-order valence-corrected chi connectivity index (χ2v) is 5.98. The Morgan fingerprint density at radius 1 is 1.56 bits per heavy atom. The number of nitrogens with one attached hydrogen (secondary N) is 1. The topological polar surface area (TPSA) is 32.3 Å². The quantitative estimate of drug-likeness (QED) is 0.844. The molecule has 2 atom stereocenters. The van der Waals surface area contributed by atoms with E-state index in [1.807, 2.05) is 13.2 Å². The Kier molecular flexibility index (Phi) is 5.92. The van der Waals surface area contributed by atoms with Crippen molar-refractivity contribution in [1.29, 1.82) is 0 Å². The average molecular weight is 292 g/mol. The van der Waals surface area contributed by atoms with Crippen LogP contribution in [0.15, 0.2) is 18.2 Å². The molecule has 2 unspecified atom stereocenters. The minimum atomic E-state index is -0.765. The minimum absolute atomic E-state index is 0.0369. The zero-order chi connectivity index (χ0) is 13.8. The van der Waals surface area contributed by atoms with Crippen LogP contribution in [-0.2, 0) is 0 Å². The van der Waals surface area contributed by atoms with Crippen LogP contribution in [0.25, 0.3) is 0 Å². The summed E-state index contributed by atoms with van der Waals surface area (Å²) >= 11 is 7.23. The Bertz CT molecular complexity index is 401. The van der Waals surface area contributed by atoms with Crippen LogP contribution in [0.3, 0.4) is 0 Å². The number of thioether (sulfide) groups is 1. The molecule has 102 valence electrons. The van der Waals surface area contributed by atoms with Crippen LogP contribution in [0.1, 0.15) is 25.5 Å². The van der Waals surface area contributed by atoms with E-state index in [-0.39, 0.29) is 11.1 Å². The first-order valence-electron chi connectivity index (χ1n) is 5.75. The summed E-state index contributed by atoms with van der Waals surface area (Å²) in [6, 6.07) is 4.71. The van der Waals surface area contributed by atoms with Crippen LogP contribution in [0.2, 0.25) is 5.02 Å². The first-order chi connectivity index (χ1) is 8.35. The predicted octanol–water partition coefficient (Wildman–Crippen LogP) is 3.24. The molecular formula is C13H19ClFNOS. The summed E-state index contributed by atoms with van der Waals surface area (Å²) in [5, 5.41) is 13.4. The second kappa shape index (κ2) is 6.75. The lowest BCUT2D eigenvalue weighted by Crippen LogP contribution is -2.40. The van der Waals surface area contributed by atoms with Gasteiger partial charge >= 0.3 is 0 Å². The van der Waals surface area contributed by atoms with E-state index in [4.69, 9.17) is 11.6 Å². The highest BCUT2D eigenvalue weighted by Gasteiger charge is 2.20. The maximum absolute atomic E-state index is 13.3. The maximum Gasteiger partial charge on any atom is 0.142 e. The first-order valence-corrected chi connectivity index (χ1v) is 7.52. The van der Waals surface area contributed by atoms with Crippen LogP contribution in [0, 0.1) is 5.82 Å². The van der Waals surface area contributed by atoms with Gasteiger partial charge in [-0.15, -0.1) is 0 Å². The molecule has 1 aromatic rings. The lowest BCUT2D eigenvalue weighted by molar-refractivity contribution is 0.0820. The highest BCUT2D eigenvalue weighted by molar-refractivity contribution is 7.98. The number of benzene rings is 1. The minimum Gasteiger partial charge on any atom is -0.388 e. The van der Waals surface area contributed by atoms with Gasteiger partial charge in [-0.3, -0.25) is 0 Å². The molecule has 0 saturated carbocycles. The van der Waals surface area contributed by atoms with Crippen molar-refractivity contribution in [1.82, 2.24) is 5.32 Å². The van der Waals surface area contributed by atoms with Crippen LogP contribution in [0.4, 0.5) is 4.39 Å². The molecule has 0 spiro atoms. The third-order valence-corrected chi connectivity index (χ3v) is 3.91. The third kappa shape index (κ3) is 4.76. The van der Waals surface area contributed by atoms with E-state index in [1.165, 1.54) is 6.07 Å². The molecular weight excluding hydrogens is 273 g/mol. The van der Waals surface area contributed by atoms with Gasteiger partial charge in [0, 0.05) is 18.3 Å². The molecule has 0 aromatic heterocycles. The fourth-order valence-corrected chi connectivity index (χ4v) is 2.48. The summed E-state index contributed by atoms with van der Waals surface area (Å²) in [4.78, 5) is 0. The van der Waals surface area contributed by atoms with Crippen molar-refractivity contribution in [2.24, 2.45) is 0 Å². The standard InChI is InChI=1S/C13H19ClFNOS/c1-9(16-7-13(2,17)8-18-3)10-4-5-11(14)12(15)6-10/h4-6,9,16-17H,7-8H2,1-3H3. The normalized spacial score (nSPS) is 16.3. The summed E-state index contributed by atoms with van der Waals surface area (Å²) in [5.41, 5.74) is 0.0513. The Morgan fingerprint density at radius 3 is 2.78 bits per heavy atom. The fraction of sp³-hybridized carbons (Fsp3) is 0.538. The molecule has 0 aliphatic heterocycles. The molecule has 2 nitrogen and oxygen atoms in total. The second-order valence-electron chi connectivity index (χ2n) is 4.71. The third-order valence-electron chi connectivity index (χ3n) is 2.69. The smallest absolute Gasteiger partial charge is 0.142 e. The van der Waals surface area contributed by atoms with E-state index in [1.54, 1.807) is 30.8 Å². The van der Waals surface area contributed by atoms with Gasteiger partial charge in [-0.2, -0.15) is 11.8 Å². The van der Waals surface area contributed by atoms with E-state index < -0.39 is 11.4 Å². The van der Waals surface area contributed by atoms with Crippen molar-refractivity contribution >= 4 is 23.4 Å². The predicted molar refractivity (Wildman–Crippen MR) is 76.8 cm³/mol. The van der Waals surface area contributed by atoms with Crippen LogP contribution < -0.4 is 5.32 Å². The monoisotopic (exact) mass is 291 g/mol. The van der Waals surface area contributed by atoms with Crippen LogP contribution in [-0.4, -0.2) is 29.3 Å². The number of halogens is 2. The Balaban J connectivity index is 2.60. The number of rotatable bonds is 6. The van der Waals surface area contributed by atoms with E-state index in [0.29, 0.717) is 12.3 Å². The van der Waals surface area contributed by atoms with Gasteiger partial charge in [-0.1, -0.05) is 17.7 Å². The average Bonchev–Trinajstić information content (AvgIpc) is 2.30. The zero-order valence-corrected chi connectivity index (χ0v) is 12.4. The van der Waals surface area contributed by atoms with E-state index in [0.717, 1.165) is 5.56 Å². The van der Waals surface area contributed by atoms with E-state index in [9.17, 15) is 9.50 Å². The largest absolute Gasteiger partial charge is 0.388 e. The Labute approximate surface area is 117 Å². The van der Waals surface area contributed by atoms with Crippen molar-refractivity contribution in [3.05, 3.63) is 34.6 Å². The molecule has 0 amide bonds. The molecule has 1 aromatic carbocycles. The highest BCUT2D eigenvalue weighted by Crippen LogP contribution is 2.20. The van der Waals surface area contributed by atoms with Crippen molar-refractivity contribution in [2.75, 3.05) is 18.6 Å². The molecule has 2 N–H and O–H groups in total. The van der Waals surface area contributed by atoms with E-state index in [2.05, 4.69) is 5.32 Å². The van der Waals surface area contributed by atoms with E-state index >= 15 is 0 Å². The molecule has 0 aliphatic rings. The molecule has 0 bridgehead atoms. The van der Waals surface area contributed by atoms with Gasteiger partial charge in [0.15, 0.2) is 0 Å². The molecule has 0 aliphatic carbocycles. The van der Waals surface area contributed by atoms with Crippen molar-refractivity contribution in [3.63, 3.8) is 0 Å². The van der Waals surface area contributed by atoms with Crippen molar-refractivity contribution in [2.45, 2.75) is 25.5 Å². The zero-order valence-electron chi connectivity index (χ0n) is 10.8. The van der Waals surface area contributed by atoms with Gasteiger partial charge in [0.1, 0.15) is 5.82 Å². The molecule has 0 fully saturated rings. The van der Waals surface area contributed by atoms with Gasteiger partial charge in [0.25, 0.3) is 0 Å². The molecule has 18 heavy (non-hydrogen) atoms. The Morgan fingerprint density at radius 2 is 2.22 bits per heavy atom. The molecule has 1 rings (SSSR count). The lowest BCUT2D eigenvalue weighted by atomic mass is 10.1. The molecule has 0 radical (unpaired) electrons. The summed E-state index contributed by atoms with van der Waals surface area (Å²) in [6.07, 6.45) is 1.95.